The maximum Gasteiger partial charge on any atom is 0.131 e. The van der Waals surface area contributed by atoms with Gasteiger partial charge in [-0.1, -0.05) is 25.1 Å². The van der Waals surface area contributed by atoms with Crippen molar-refractivity contribution in [2.75, 3.05) is 11.9 Å². The molecule has 0 unspecified atom stereocenters. The molecule has 0 fully saturated rings. The van der Waals surface area contributed by atoms with E-state index in [1.807, 2.05) is 30.6 Å². The number of rotatable bonds is 4. The minimum absolute atomic E-state index is 0.818. The fourth-order valence-electron chi connectivity index (χ4n) is 2.41. The maximum atomic E-state index is 4.68. The number of nitrogens with one attached hydrogen (secondary N) is 1. The first-order chi connectivity index (χ1) is 10.3. The summed E-state index contributed by atoms with van der Waals surface area (Å²) in [6.45, 7) is 4.98. The third kappa shape index (κ3) is 2.70. The van der Waals surface area contributed by atoms with Crippen LogP contribution in [0.2, 0.25) is 0 Å². The van der Waals surface area contributed by atoms with Gasteiger partial charge in [-0.3, -0.25) is 4.98 Å². The van der Waals surface area contributed by atoms with Gasteiger partial charge in [0.15, 0.2) is 0 Å². The van der Waals surface area contributed by atoms with E-state index >= 15 is 0 Å². The minimum Gasteiger partial charge on any atom is -0.370 e. The van der Waals surface area contributed by atoms with Crippen molar-refractivity contribution in [3.05, 3.63) is 48.5 Å². The molecule has 0 aliphatic rings. The molecule has 4 nitrogen and oxygen atoms in total. The molecule has 0 atom stereocenters. The van der Waals surface area contributed by atoms with Crippen LogP contribution in [0.1, 0.15) is 19.7 Å². The molecule has 0 saturated heterocycles. The molecule has 0 saturated carbocycles. The average Bonchev–Trinajstić information content (AvgIpc) is 2.54. The van der Waals surface area contributed by atoms with Crippen LogP contribution in [0.15, 0.2) is 42.7 Å². The van der Waals surface area contributed by atoms with E-state index in [-0.39, 0.29) is 0 Å². The molecule has 0 aliphatic heterocycles. The van der Waals surface area contributed by atoms with Gasteiger partial charge in [-0.15, -0.1) is 0 Å². The molecule has 3 aromatic rings. The zero-order chi connectivity index (χ0) is 14.7. The second kappa shape index (κ2) is 5.87. The molecule has 4 heteroatoms. The second-order valence-electron chi connectivity index (χ2n) is 4.84. The van der Waals surface area contributed by atoms with Crippen LogP contribution in [0.5, 0.6) is 0 Å². The molecule has 0 aliphatic carbocycles. The Balaban J connectivity index is 2.20. The number of aryl methyl sites for hydroxylation is 1. The predicted molar refractivity (Wildman–Crippen MR) is 86.3 cm³/mol. The van der Waals surface area contributed by atoms with Crippen LogP contribution < -0.4 is 5.32 Å². The molecule has 0 radical (unpaired) electrons. The highest BCUT2D eigenvalue weighted by atomic mass is 15.0. The van der Waals surface area contributed by atoms with E-state index in [4.69, 9.17) is 0 Å². The zero-order valence-electron chi connectivity index (χ0n) is 12.3. The average molecular weight is 278 g/mol. The largest absolute Gasteiger partial charge is 0.370 e. The number of hydrogen-bond donors (Lipinski definition) is 1. The van der Waals surface area contributed by atoms with E-state index < -0.39 is 0 Å². The number of nitrogens with zero attached hydrogens (tertiary/aromatic N) is 3. The SMILES string of the molecule is CCNc1cc(-c2cccc3cnccc23)nc(CC)n1. The predicted octanol–water partition coefficient (Wildman–Crippen LogP) is 3.69. The van der Waals surface area contributed by atoms with Gasteiger partial charge in [0.25, 0.3) is 0 Å². The van der Waals surface area contributed by atoms with E-state index in [2.05, 4.69) is 46.2 Å². The standard InChI is InChI=1S/C17H18N4/c1-3-16-20-15(10-17(21-16)19-4-2)14-7-5-6-12-11-18-9-8-13(12)14/h5-11H,3-4H2,1-2H3,(H,19,20,21). The molecule has 0 spiro atoms. The Kier molecular flexibility index (Phi) is 3.77. The summed E-state index contributed by atoms with van der Waals surface area (Å²) >= 11 is 0. The van der Waals surface area contributed by atoms with E-state index in [0.717, 1.165) is 46.6 Å². The summed E-state index contributed by atoms with van der Waals surface area (Å²) in [4.78, 5) is 13.4. The third-order valence-corrected chi connectivity index (χ3v) is 3.40. The lowest BCUT2D eigenvalue weighted by Crippen LogP contribution is -2.04. The van der Waals surface area contributed by atoms with Crippen molar-refractivity contribution in [3.8, 4) is 11.3 Å². The van der Waals surface area contributed by atoms with Crippen molar-refractivity contribution in [1.82, 2.24) is 15.0 Å². The van der Waals surface area contributed by atoms with E-state index in [1.165, 1.54) is 0 Å². The van der Waals surface area contributed by atoms with E-state index in [9.17, 15) is 0 Å². The Labute approximate surface area is 124 Å². The highest BCUT2D eigenvalue weighted by molar-refractivity contribution is 5.95. The minimum atomic E-state index is 0.818. The van der Waals surface area contributed by atoms with Gasteiger partial charge in [0.05, 0.1) is 5.69 Å². The van der Waals surface area contributed by atoms with Gasteiger partial charge in [-0.25, -0.2) is 9.97 Å². The van der Waals surface area contributed by atoms with Gasteiger partial charge in [-0.05, 0) is 18.4 Å². The highest BCUT2D eigenvalue weighted by Crippen LogP contribution is 2.28. The van der Waals surface area contributed by atoms with Gasteiger partial charge in [0.1, 0.15) is 11.6 Å². The van der Waals surface area contributed by atoms with Gasteiger partial charge in [-0.2, -0.15) is 0 Å². The highest BCUT2D eigenvalue weighted by Gasteiger charge is 2.08. The summed E-state index contributed by atoms with van der Waals surface area (Å²) in [7, 11) is 0. The number of pyridine rings is 1. The smallest absolute Gasteiger partial charge is 0.131 e. The Hall–Kier alpha value is -2.49. The van der Waals surface area contributed by atoms with Crippen LogP contribution in [0, 0.1) is 0 Å². The fraction of sp³-hybridized carbons (Fsp3) is 0.235. The maximum absolute atomic E-state index is 4.68. The van der Waals surface area contributed by atoms with Crippen molar-refractivity contribution >= 4 is 16.6 Å². The molecular formula is C17H18N4. The Morgan fingerprint density at radius 1 is 1.10 bits per heavy atom. The van der Waals surface area contributed by atoms with E-state index in [1.54, 1.807) is 0 Å². The molecule has 1 N–H and O–H groups in total. The lowest BCUT2D eigenvalue weighted by atomic mass is 10.0. The van der Waals surface area contributed by atoms with Crippen LogP contribution in [-0.2, 0) is 6.42 Å². The van der Waals surface area contributed by atoms with Crippen molar-refractivity contribution in [1.29, 1.82) is 0 Å². The second-order valence-corrected chi connectivity index (χ2v) is 4.84. The molecular weight excluding hydrogens is 260 g/mol. The lowest BCUT2D eigenvalue weighted by Gasteiger charge is -2.10. The van der Waals surface area contributed by atoms with Crippen molar-refractivity contribution in [3.63, 3.8) is 0 Å². The quantitative estimate of drug-likeness (QED) is 0.791. The molecule has 2 heterocycles. The summed E-state index contributed by atoms with van der Waals surface area (Å²) in [5, 5.41) is 5.56. The molecule has 2 aromatic heterocycles. The lowest BCUT2D eigenvalue weighted by molar-refractivity contribution is 0.940. The summed E-state index contributed by atoms with van der Waals surface area (Å²) in [5.41, 5.74) is 2.07. The molecule has 106 valence electrons. The van der Waals surface area contributed by atoms with Gasteiger partial charge in [0, 0.05) is 42.4 Å². The number of anilines is 1. The normalized spacial score (nSPS) is 10.8. The number of hydrogen-bond acceptors (Lipinski definition) is 4. The van der Waals surface area contributed by atoms with Crippen LogP contribution in [0.25, 0.3) is 22.0 Å². The Morgan fingerprint density at radius 3 is 2.81 bits per heavy atom. The van der Waals surface area contributed by atoms with Crippen molar-refractivity contribution in [2.45, 2.75) is 20.3 Å². The number of aromatic nitrogens is 3. The molecule has 3 rings (SSSR count). The zero-order valence-corrected chi connectivity index (χ0v) is 12.3. The van der Waals surface area contributed by atoms with Crippen molar-refractivity contribution in [2.24, 2.45) is 0 Å². The van der Waals surface area contributed by atoms with Crippen LogP contribution in [0.3, 0.4) is 0 Å². The van der Waals surface area contributed by atoms with Crippen LogP contribution in [0.4, 0.5) is 5.82 Å². The third-order valence-electron chi connectivity index (χ3n) is 3.40. The summed E-state index contributed by atoms with van der Waals surface area (Å²) in [5.74, 6) is 1.74. The molecule has 0 bridgehead atoms. The summed E-state index contributed by atoms with van der Waals surface area (Å²) in [6.07, 6.45) is 4.52. The molecule has 21 heavy (non-hydrogen) atoms. The van der Waals surface area contributed by atoms with Gasteiger partial charge >= 0.3 is 0 Å². The number of benzene rings is 1. The first-order valence-corrected chi connectivity index (χ1v) is 7.26. The first kappa shape index (κ1) is 13.5. The fourth-order valence-corrected chi connectivity index (χ4v) is 2.41. The van der Waals surface area contributed by atoms with Crippen molar-refractivity contribution < 1.29 is 0 Å². The Morgan fingerprint density at radius 2 is 2.00 bits per heavy atom. The van der Waals surface area contributed by atoms with Crippen LogP contribution in [-0.4, -0.2) is 21.5 Å². The summed E-state index contributed by atoms with van der Waals surface area (Å²) in [6, 6.07) is 10.3. The molecule has 0 amide bonds. The Bertz CT molecular complexity index is 762. The van der Waals surface area contributed by atoms with Gasteiger partial charge < -0.3 is 5.32 Å². The first-order valence-electron chi connectivity index (χ1n) is 7.26. The van der Waals surface area contributed by atoms with E-state index in [0.29, 0.717) is 0 Å². The van der Waals surface area contributed by atoms with Gasteiger partial charge in [0.2, 0.25) is 0 Å². The number of fused-ring (bicyclic) bond motifs is 1. The van der Waals surface area contributed by atoms with Crippen LogP contribution >= 0.6 is 0 Å². The summed E-state index contributed by atoms with van der Waals surface area (Å²) < 4.78 is 0. The topological polar surface area (TPSA) is 50.7 Å². The molecule has 1 aromatic carbocycles. The monoisotopic (exact) mass is 278 g/mol.